The summed E-state index contributed by atoms with van der Waals surface area (Å²) < 4.78 is 1.72. The number of carbonyl (C=O) groups is 1. The minimum absolute atomic E-state index is 0.0937. The van der Waals surface area contributed by atoms with Gasteiger partial charge in [0.1, 0.15) is 0 Å². The molecule has 0 saturated carbocycles. The summed E-state index contributed by atoms with van der Waals surface area (Å²) in [6.45, 7) is 4.06. The Balaban J connectivity index is 2.44. The third-order valence-electron chi connectivity index (χ3n) is 2.66. The molecule has 0 saturated heterocycles. The van der Waals surface area contributed by atoms with Crippen LogP contribution in [-0.2, 0) is 0 Å². The van der Waals surface area contributed by atoms with E-state index >= 15 is 0 Å². The van der Waals surface area contributed by atoms with Crippen LogP contribution >= 0.6 is 15.9 Å². The highest BCUT2D eigenvalue weighted by molar-refractivity contribution is 9.10. The minimum Gasteiger partial charge on any atom is -0.286 e. The largest absolute Gasteiger partial charge is 0.286 e. The second kappa shape index (κ2) is 4.42. The van der Waals surface area contributed by atoms with E-state index in [1.54, 1.807) is 4.57 Å². The maximum atomic E-state index is 12.2. The van der Waals surface area contributed by atoms with Gasteiger partial charge in [-0.3, -0.25) is 9.36 Å². The first kappa shape index (κ1) is 11.4. The lowest BCUT2D eigenvalue weighted by atomic mass is 10.1. The predicted molar refractivity (Wildman–Crippen MR) is 70.1 cm³/mol. The van der Waals surface area contributed by atoms with Gasteiger partial charge in [-0.2, -0.15) is 0 Å². The van der Waals surface area contributed by atoms with Crippen LogP contribution in [0.25, 0.3) is 10.9 Å². The summed E-state index contributed by atoms with van der Waals surface area (Å²) in [4.78, 5) is 12.0. The van der Waals surface area contributed by atoms with Gasteiger partial charge in [-0.15, -0.1) is 0 Å². The second-order valence-corrected chi connectivity index (χ2v) is 5.22. The molecule has 0 spiro atoms. The highest BCUT2D eigenvalue weighted by Crippen LogP contribution is 2.20. The van der Waals surface area contributed by atoms with Crippen molar-refractivity contribution in [2.45, 2.75) is 18.7 Å². The SMILES string of the molecule is CC(C)C(Br)C(=O)n1ccc2ccccc21. The fourth-order valence-corrected chi connectivity index (χ4v) is 1.91. The van der Waals surface area contributed by atoms with Crippen molar-refractivity contribution in [3.8, 4) is 0 Å². The highest BCUT2D eigenvalue weighted by atomic mass is 79.9. The average Bonchev–Trinajstić information content (AvgIpc) is 2.70. The Bertz CT molecular complexity index is 515. The van der Waals surface area contributed by atoms with Gasteiger partial charge >= 0.3 is 0 Å². The van der Waals surface area contributed by atoms with Gasteiger partial charge in [-0.05, 0) is 18.1 Å². The van der Waals surface area contributed by atoms with Crippen LogP contribution in [0, 0.1) is 5.92 Å². The number of halogens is 1. The molecule has 0 aliphatic rings. The van der Waals surface area contributed by atoms with Crippen molar-refractivity contribution in [2.75, 3.05) is 0 Å². The van der Waals surface area contributed by atoms with Crippen LogP contribution in [0.15, 0.2) is 36.5 Å². The number of rotatable bonds is 2. The van der Waals surface area contributed by atoms with Crippen molar-refractivity contribution < 1.29 is 4.79 Å². The van der Waals surface area contributed by atoms with Crippen LogP contribution in [0.4, 0.5) is 0 Å². The third kappa shape index (κ3) is 1.92. The number of benzene rings is 1. The molecule has 1 aromatic carbocycles. The molecule has 0 radical (unpaired) electrons. The Labute approximate surface area is 103 Å². The molecule has 2 rings (SSSR count). The summed E-state index contributed by atoms with van der Waals surface area (Å²) in [7, 11) is 0. The van der Waals surface area contributed by atoms with E-state index in [2.05, 4.69) is 15.9 Å². The van der Waals surface area contributed by atoms with Crippen LogP contribution in [0.1, 0.15) is 18.6 Å². The maximum absolute atomic E-state index is 12.2. The molecule has 2 aromatic rings. The van der Waals surface area contributed by atoms with E-state index in [1.807, 2.05) is 50.4 Å². The topological polar surface area (TPSA) is 22.0 Å². The zero-order chi connectivity index (χ0) is 11.7. The molecule has 0 fully saturated rings. The van der Waals surface area contributed by atoms with Crippen molar-refractivity contribution in [3.63, 3.8) is 0 Å². The summed E-state index contributed by atoms with van der Waals surface area (Å²) >= 11 is 3.44. The molecule has 0 amide bonds. The molecule has 0 aliphatic carbocycles. The zero-order valence-electron chi connectivity index (χ0n) is 9.35. The lowest BCUT2D eigenvalue weighted by molar-refractivity contribution is 0.0903. The molecule has 0 N–H and O–H groups in total. The number of hydrogen-bond acceptors (Lipinski definition) is 1. The number of hydrogen-bond donors (Lipinski definition) is 0. The smallest absolute Gasteiger partial charge is 0.245 e. The van der Waals surface area contributed by atoms with Crippen molar-refractivity contribution in [2.24, 2.45) is 5.92 Å². The number of fused-ring (bicyclic) bond motifs is 1. The molecule has 0 bridgehead atoms. The molecule has 2 nitrogen and oxygen atoms in total. The van der Waals surface area contributed by atoms with E-state index in [0.717, 1.165) is 10.9 Å². The molecule has 1 unspecified atom stereocenters. The fraction of sp³-hybridized carbons (Fsp3) is 0.308. The quantitative estimate of drug-likeness (QED) is 0.769. The fourth-order valence-electron chi connectivity index (χ4n) is 1.69. The van der Waals surface area contributed by atoms with E-state index < -0.39 is 0 Å². The lowest BCUT2D eigenvalue weighted by Crippen LogP contribution is -2.25. The Kier molecular flexibility index (Phi) is 3.15. The van der Waals surface area contributed by atoms with E-state index in [1.165, 1.54) is 0 Å². The average molecular weight is 280 g/mol. The Morgan fingerprint density at radius 1 is 1.25 bits per heavy atom. The molecular weight excluding hydrogens is 266 g/mol. The maximum Gasteiger partial charge on any atom is 0.245 e. The molecular formula is C13H14BrNO. The van der Waals surface area contributed by atoms with Gasteiger partial charge in [0.25, 0.3) is 0 Å². The Morgan fingerprint density at radius 2 is 1.94 bits per heavy atom. The summed E-state index contributed by atoms with van der Waals surface area (Å²) in [6, 6.07) is 9.87. The molecule has 0 aliphatic heterocycles. The van der Waals surface area contributed by atoms with Crippen molar-refractivity contribution >= 4 is 32.7 Å². The number of para-hydroxylation sites is 1. The molecule has 16 heavy (non-hydrogen) atoms. The zero-order valence-corrected chi connectivity index (χ0v) is 10.9. The van der Waals surface area contributed by atoms with Gasteiger partial charge in [-0.25, -0.2) is 0 Å². The number of aromatic nitrogens is 1. The van der Waals surface area contributed by atoms with Gasteiger partial charge in [0, 0.05) is 11.6 Å². The van der Waals surface area contributed by atoms with E-state index in [4.69, 9.17) is 0 Å². The van der Waals surface area contributed by atoms with Crippen LogP contribution < -0.4 is 0 Å². The molecule has 1 aromatic heterocycles. The Hall–Kier alpha value is -1.09. The van der Waals surface area contributed by atoms with E-state index in [9.17, 15) is 4.79 Å². The number of carbonyl (C=O) groups excluding carboxylic acids is 1. The molecule has 3 heteroatoms. The summed E-state index contributed by atoms with van der Waals surface area (Å²) in [5, 5.41) is 1.10. The lowest BCUT2D eigenvalue weighted by Gasteiger charge is -2.13. The van der Waals surface area contributed by atoms with Crippen molar-refractivity contribution in [1.29, 1.82) is 0 Å². The normalized spacial score (nSPS) is 13.2. The van der Waals surface area contributed by atoms with Crippen LogP contribution in [0.3, 0.4) is 0 Å². The Morgan fingerprint density at radius 3 is 2.62 bits per heavy atom. The molecule has 1 heterocycles. The first-order valence-electron chi connectivity index (χ1n) is 5.35. The first-order valence-corrected chi connectivity index (χ1v) is 6.27. The van der Waals surface area contributed by atoms with Gasteiger partial charge in [-0.1, -0.05) is 48.0 Å². The monoisotopic (exact) mass is 279 g/mol. The van der Waals surface area contributed by atoms with E-state index in [0.29, 0.717) is 0 Å². The highest BCUT2D eigenvalue weighted by Gasteiger charge is 2.21. The van der Waals surface area contributed by atoms with Gasteiger partial charge in [0.15, 0.2) is 0 Å². The van der Waals surface area contributed by atoms with Gasteiger partial charge in [0.05, 0.1) is 10.3 Å². The third-order valence-corrected chi connectivity index (χ3v) is 4.11. The van der Waals surface area contributed by atoms with E-state index in [-0.39, 0.29) is 16.7 Å². The van der Waals surface area contributed by atoms with Crippen LogP contribution in [-0.4, -0.2) is 15.3 Å². The van der Waals surface area contributed by atoms with Crippen LogP contribution in [0.2, 0.25) is 0 Å². The summed E-state index contributed by atoms with van der Waals surface area (Å²) in [5.74, 6) is 0.380. The minimum atomic E-state index is -0.136. The standard InChI is InChI=1S/C13H14BrNO/c1-9(2)12(14)13(16)15-8-7-10-5-3-4-6-11(10)15/h3-9,12H,1-2H3. The van der Waals surface area contributed by atoms with Crippen LogP contribution in [0.5, 0.6) is 0 Å². The predicted octanol–water partition coefficient (Wildman–Crippen LogP) is 3.70. The van der Waals surface area contributed by atoms with Crippen molar-refractivity contribution in [1.82, 2.24) is 4.57 Å². The number of alkyl halides is 1. The first-order chi connectivity index (χ1) is 7.61. The van der Waals surface area contributed by atoms with Gasteiger partial charge < -0.3 is 0 Å². The number of nitrogens with zero attached hydrogens (tertiary/aromatic N) is 1. The second-order valence-electron chi connectivity index (χ2n) is 4.23. The van der Waals surface area contributed by atoms with Gasteiger partial charge in [0.2, 0.25) is 5.91 Å². The summed E-state index contributed by atoms with van der Waals surface area (Å²) in [5.41, 5.74) is 0.970. The summed E-state index contributed by atoms with van der Waals surface area (Å²) in [6.07, 6.45) is 1.84. The van der Waals surface area contributed by atoms with Crippen molar-refractivity contribution in [3.05, 3.63) is 36.5 Å². The molecule has 84 valence electrons. The molecule has 1 atom stereocenters.